The van der Waals surface area contributed by atoms with E-state index in [0.717, 1.165) is 15.6 Å². The Bertz CT molecular complexity index is 732. The standard InChI is InChI=1S/C18H18BrFN2O2/c1-12-2-7-15(10-16(12)19)22-18(24)11-17(23)21-9-8-13-3-5-14(20)6-4-13/h2-7,10H,8-9,11H2,1H3,(H,21,23)(H,22,24). The fourth-order valence-electron chi connectivity index (χ4n) is 2.08. The number of benzene rings is 2. The lowest BCUT2D eigenvalue weighted by molar-refractivity contribution is -0.126. The molecule has 0 aliphatic carbocycles. The molecule has 0 aromatic heterocycles. The number of carbonyl (C=O) groups is 2. The Hall–Kier alpha value is -2.21. The highest BCUT2D eigenvalue weighted by molar-refractivity contribution is 9.10. The van der Waals surface area contributed by atoms with Crippen LogP contribution in [0.25, 0.3) is 0 Å². The van der Waals surface area contributed by atoms with Gasteiger partial charge in [0.1, 0.15) is 12.2 Å². The zero-order valence-electron chi connectivity index (χ0n) is 13.2. The quantitative estimate of drug-likeness (QED) is 0.738. The van der Waals surface area contributed by atoms with Gasteiger partial charge >= 0.3 is 0 Å². The van der Waals surface area contributed by atoms with Crippen molar-refractivity contribution in [2.75, 3.05) is 11.9 Å². The highest BCUT2D eigenvalue weighted by Gasteiger charge is 2.10. The van der Waals surface area contributed by atoms with Crippen molar-refractivity contribution in [1.82, 2.24) is 5.32 Å². The first kappa shape index (κ1) is 18.1. The molecule has 0 bridgehead atoms. The second-order valence-electron chi connectivity index (χ2n) is 5.42. The first-order valence-corrected chi connectivity index (χ1v) is 8.30. The van der Waals surface area contributed by atoms with Gasteiger partial charge in [0, 0.05) is 16.7 Å². The summed E-state index contributed by atoms with van der Waals surface area (Å²) in [5.41, 5.74) is 2.62. The summed E-state index contributed by atoms with van der Waals surface area (Å²) in [7, 11) is 0. The summed E-state index contributed by atoms with van der Waals surface area (Å²) >= 11 is 3.39. The zero-order valence-corrected chi connectivity index (χ0v) is 14.8. The molecule has 0 fully saturated rings. The Labute approximate surface area is 148 Å². The molecular formula is C18H18BrFN2O2. The van der Waals surface area contributed by atoms with E-state index in [0.29, 0.717) is 18.7 Å². The van der Waals surface area contributed by atoms with Crippen molar-refractivity contribution in [3.05, 3.63) is 63.9 Å². The van der Waals surface area contributed by atoms with Crippen molar-refractivity contribution >= 4 is 33.4 Å². The maximum Gasteiger partial charge on any atom is 0.233 e. The smallest absolute Gasteiger partial charge is 0.233 e. The lowest BCUT2D eigenvalue weighted by Gasteiger charge is -2.08. The van der Waals surface area contributed by atoms with Crippen molar-refractivity contribution in [1.29, 1.82) is 0 Å². The molecule has 0 aliphatic rings. The number of amides is 2. The minimum absolute atomic E-state index is 0.241. The van der Waals surface area contributed by atoms with Crippen LogP contribution in [0.2, 0.25) is 0 Å². The van der Waals surface area contributed by atoms with Crippen molar-refractivity contribution in [3.63, 3.8) is 0 Å². The van der Waals surface area contributed by atoms with Crippen LogP contribution in [0.3, 0.4) is 0 Å². The van der Waals surface area contributed by atoms with Gasteiger partial charge in [-0.25, -0.2) is 4.39 Å². The molecular weight excluding hydrogens is 375 g/mol. The molecule has 2 N–H and O–H groups in total. The summed E-state index contributed by atoms with van der Waals surface area (Å²) in [5.74, 6) is -1.01. The fourth-order valence-corrected chi connectivity index (χ4v) is 2.46. The number of carbonyl (C=O) groups excluding carboxylic acids is 2. The van der Waals surface area contributed by atoms with Crippen molar-refractivity contribution in [2.45, 2.75) is 19.8 Å². The van der Waals surface area contributed by atoms with Gasteiger partial charge in [-0.3, -0.25) is 9.59 Å². The number of rotatable bonds is 6. The Morgan fingerprint density at radius 3 is 2.46 bits per heavy atom. The summed E-state index contributed by atoms with van der Waals surface area (Å²) in [6.45, 7) is 2.35. The van der Waals surface area contributed by atoms with E-state index in [1.807, 2.05) is 13.0 Å². The van der Waals surface area contributed by atoms with Crippen LogP contribution in [-0.4, -0.2) is 18.4 Å². The van der Waals surface area contributed by atoms with Crippen LogP contribution in [0.1, 0.15) is 17.5 Å². The monoisotopic (exact) mass is 392 g/mol. The molecule has 0 unspecified atom stereocenters. The summed E-state index contributed by atoms with van der Waals surface area (Å²) < 4.78 is 13.7. The number of hydrogen-bond acceptors (Lipinski definition) is 2. The zero-order chi connectivity index (χ0) is 17.5. The molecule has 0 heterocycles. The molecule has 2 aromatic rings. The van der Waals surface area contributed by atoms with Crippen molar-refractivity contribution in [2.24, 2.45) is 0 Å². The number of halogens is 2. The predicted molar refractivity (Wildman–Crippen MR) is 95.2 cm³/mol. The van der Waals surface area contributed by atoms with Crippen LogP contribution < -0.4 is 10.6 Å². The second-order valence-corrected chi connectivity index (χ2v) is 6.27. The Morgan fingerprint density at radius 2 is 1.79 bits per heavy atom. The lowest BCUT2D eigenvalue weighted by atomic mass is 10.1. The topological polar surface area (TPSA) is 58.2 Å². The largest absolute Gasteiger partial charge is 0.355 e. The molecule has 0 saturated heterocycles. The third kappa shape index (κ3) is 5.77. The van der Waals surface area contributed by atoms with E-state index in [2.05, 4.69) is 26.6 Å². The van der Waals surface area contributed by atoms with Crippen molar-refractivity contribution in [3.8, 4) is 0 Å². The Morgan fingerprint density at radius 1 is 1.08 bits per heavy atom. The van der Waals surface area contributed by atoms with Gasteiger partial charge in [0.25, 0.3) is 0 Å². The number of nitrogens with one attached hydrogen (secondary N) is 2. The van der Waals surface area contributed by atoms with Gasteiger partial charge in [-0.15, -0.1) is 0 Å². The molecule has 126 valence electrons. The summed E-state index contributed by atoms with van der Waals surface area (Å²) in [6.07, 6.45) is 0.341. The Balaban J connectivity index is 1.74. The lowest BCUT2D eigenvalue weighted by Crippen LogP contribution is -2.29. The average molecular weight is 393 g/mol. The van der Waals surface area contributed by atoms with Crippen LogP contribution >= 0.6 is 15.9 Å². The summed E-state index contributed by atoms with van der Waals surface area (Å²) in [6, 6.07) is 11.5. The van der Waals surface area contributed by atoms with Gasteiger partial charge in [-0.2, -0.15) is 0 Å². The van der Waals surface area contributed by atoms with Gasteiger partial charge in [0.15, 0.2) is 0 Å². The van der Waals surface area contributed by atoms with E-state index >= 15 is 0 Å². The van der Waals surface area contributed by atoms with Crippen LogP contribution in [0.5, 0.6) is 0 Å². The van der Waals surface area contributed by atoms with Gasteiger partial charge in [-0.05, 0) is 48.7 Å². The molecule has 6 heteroatoms. The molecule has 0 aliphatic heterocycles. The highest BCUT2D eigenvalue weighted by atomic mass is 79.9. The van der Waals surface area contributed by atoms with Gasteiger partial charge < -0.3 is 10.6 Å². The van der Waals surface area contributed by atoms with Crippen LogP contribution in [0, 0.1) is 12.7 Å². The van der Waals surface area contributed by atoms with Crippen LogP contribution in [0.15, 0.2) is 46.9 Å². The number of hydrogen-bond donors (Lipinski definition) is 2. The minimum Gasteiger partial charge on any atom is -0.355 e. The maximum absolute atomic E-state index is 12.8. The highest BCUT2D eigenvalue weighted by Crippen LogP contribution is 2.20. The fraction of sp³-hybridized carbons (Fsp3) is 0.222. The molecule has 0 atom stereocenters. The molecule has 0 radical (unpaired) electrons. The summed E-state index contributed by atoms with van der Waals surface area (Å²) in [5, 5.41) is 5.36. The molecule has 4 nitrogen and oxygen atoms in total. The molecule has 2 rings (SSSR count). The van der Waals surface area contributed by atoms with E-state index in [1.165, 1.54) is 12.1 Å². The SMILES string of the molecule is Cc1ccc(NC(=O)CC(=O)NCCc2ccc(F)cc2)cc1Br. The van der Waals surface area contributed by atoms with Gasteiger partial charge in [0.05, 0.1) is 0 Å². The average Bonchev–Trinajstić information content (AvgIpc) is 2.53. The molecule has 0 saturated carbocycles. The number of anilines is 1. The first-order valence-electron chi connectivity index (χ1n) is 7.51. The molecule has 0 spiro atoms. The van der Waals surface area contributed by atoms with Crippen LogP contribution in [-0.2, 0) is 16.0 Å². The predicted octanol–water partition coefficient (Wildman–Crippen LogP) is 3.58. The second kappa shape index (κ2) is 8.59. The Kier molecular flexibility index (Phi) is 6.49. The van der Waals surface area contributed by atoms with E-state index in [1.54, 1.807) is 24.3 Å². The molecule has 24 heavy (non-hydrogen) atoms. The third-order valence-corrected chi connectivity index (χ3v) is 4.28. The third-order valence-electron chi connectivity index (χ3n) is 3.43. The maximum atomic E-state index is 12.8. The molecule has 2 aromatic carbocycles. The molecule has 2 amide bonds. The van der Waals surface area contributed by atoms with E-state index in [-0.39, 0.29) is 24.1 Å². The normalized spacial score (nSPS) is 10.3. The van der Waals surface area contributed by atoms with Crippen LogP contribution in [0.4, 0.5) is 10.1 Å². The van der Waals surface area contributed by atoms with E-state index < -0.39 is 0 Å². The van der Waals surface area contributed by atoms with Gasteiger partial charge in [0.2, 0.25) is 11.8 Å². The first-order chi connectivity index (χ1) is 11.4. The van der Waals surface area contributed by atoms with E-state index in [9.17, 15) is 14.0 Å². The minimum atomic E-state index is -0.370. The van der Waals surface area contributed by atoms with Gasteiger partial charge in [-0.1, -0.05) is 34.1 Å². The summed E-state index contributed by atoms with van der Waals surface area (Å²) in [4.78, 5) is 23.6. The number of aryl methyl sites for hydroxylation is 1. The van der Waals surface area contributed by atoms with Crippen molar-refractivity contribution < 1.29 is 14.0 Å². The van der Waals surface area contributed by atoms with E-state index in [4.69, 9.17) is 0 Å².